The summed E-state index contributed by atoms with van der Waals surface area (Å²) in [5, 5.41) is 10.2. The zero-order valence-electron chi connectivity index (χ0n) is 19.2. The van der Waals surface area contributed by atoms with Crippen molar-refractivity contribution in [3.8, 4) is 11.1 Å². The Morgan fingerprint density at radius 3 is 2.26 bits per heavy atom. The van der Waals surface area contributed by atoms with Crippen LogP contribution in [-0.4, -0.2) is 66.0 Å². The number of aliphatic hydroxyl groups is 1. The summed E-state index contributed by atoms with van der Waals surface area (Å²) in [5.41, 5.74) is 4.19. The second-order valence-corrected chi connectivity index (χ2v) is 11.2. The fraction of sp³-hybridized carbons (Fsp3) is 0.370. The van der Waals surface area contributed by atoms with Gasteiger partial charge in [-0.1, -0.05) is 54.6 Å². The molecule has 0 saturated carbocycles. The molecule has 1 aromatic heterocycles. The quantitative estimate of drug-likeness (QED) is 0.588. The van der Waals surface area contributed by atoms with E-state index in [4.69, 9.17) is 0 Å². The summed E-state index contributed by atoms with van der Waals surface area (Å²) >= 11 is 0. The van der Waals surface area contributed by atoms with Crippen LogP contribution in [0.15, 0.2) is 79.1 Å². The highest BCUT2D eigenvalue weighted by Gasteiger charge is 2.50. The molecule has 178 valence electrons. The summed E-state index contributed by atoms with van der Waals surface area (Å²) < 4.78 is 28.4. The number of pyridine rings is 1. The number of hydrogen-bond acceptors (Lipinski definition) is 5. The van der Waals surface area contributed by atoms with Gasteiger partial charge in [-0.15, -0.1) is 0 Å². The van der Waals surface area contributed by atoms with Gasteiger partial charge in [-0.2, -0.15) is 0 Å². The molecule has 2 fully saturated rings. The summed E-state index contributed by atoms with van der Waals surface area (Å²) in [5.74, 6) is 0.124. The molecule has 2 saturated heterocycles. The van der Waals surface area contributed by atoms with Gasteiger partial charge in [0.2, 0.25) is 10.0 Å². The third kappa shape index (κ3) is 4.66. The highest BCUT2D eigenvalue weighted by molar-refractivity contribution is 7.88. The Kier molecular flexibility index (Phi) is 6.79. The van der Waals surface area contributed by atoms with E-state index in [0.717, 1.165) is 41.6 Å². The molecular formula is C27H31N3O3S. The fourth-order valence-corrected chi connectivity index (χ4v) is 7.06. The molecule has 0 amide bonds. The molecule has 7 heteroatoms. The molecule has 3 atom stereocenters. The van der Waals surface area contributed by atoms with Gasteiger partial charge in [0.25, 0.3) is 0 Å². The average Bonchev–Trinajstić information content (AvgIpc) is 2.84. The third-order valence-corrected chi connectivity index (χ3v) is 9.04. The number of hydrogen-bond donors (Lipinski definition) is 1. The molecule has 34 heavy (non-hydrogen) atoms. The molecule has 2 aliphatic rings. The SMILES string of the molecule is O=S(=O)(Cc1ccccc1)N1CCCCN2[C@H](CO)[C@H](c3ccc(-c4ccncc4)cc3)[C@@H]2C1. The van der Waals surface area contributed by atoms with Crippen LogP contribution in [0.3, 0.4) is 0 Å². The lowest BCUT2D eigenvalue weighted by molar-refractivity contribution is -0.0554. The number of sulfonamides is 1. The zero-order valence-corrected chi connectivity index (χ0v) is 20.0. The van der Waals surface area contributed by atoms with Crippen molar-refractivity contribution < 1.29 is 13.5 Å². The van der Waals surface area contributed by atoms with Crippen molar-refractivity contribution in [3.63, 3.8) is 0 Å². The first kappa shape index (κ1) is 23.2. The fourth-order valence-electron chi connectivity index (χ4n) is 5.48. The number of nitrogens with zero attached hydrogens (tertiary/aromatic N) is 3. The van der Waals surface area contributed by atoms with Gasteiger partial charge in [0.1, 0.15) is 0 Å². The van der Waals surface area contributed by atoms with Crippen LogP contribution in [0.25, 0.3) is 11.1 Å². The number of fused-ring (bicyclic) bond motifs is 1. The van der Waals surface area contributed by atoms with E-state index in [0.29, 0.717) is 13.1 Å². The molecule has 0 unspecified atom stereocenters. The van der Waals surface area contributed by atoms with Crippen LogP contribution < -0.4 is 0 Å². The molecule has 1 N–H and O–H groups in total. The lowest BCUT2D eigenvalue weighted by Gasteiger charge is -2.57. The molecule has 5 rings (SSSR count). The predicted octanol–water partition coefficient (Wildman–Crippen LogP) is 3.50. The largest absolute Gasteiger partial charge is 0.395 e. The maximum Gasteiger partial charge on any atom is 0.218 e. The van der Waals surface area contributed by atoms with Gasteiger partial charge in [-0.05, 0) is 53.8 Å². The second-order valence-electron chi connectivity index (χ2n) is 9.25. The van der Waals surface area contributed by atoms with Crippen LogP contribution in [0.5, 0.6) is 0 Å². The second kappa shape index (κ2) is 9.96. The summed E-state index contributed by atoms with van der Waals surface area (Å²) in [6.45, 7) is 1.98. The van der Waals surface area contributed by atoms with Crippen molar-refractivity contribution in [2.24, 2.45) is 0 Å². The zero-order chi connectivity index (χ0) is 23.5. The Bertz CT molecular complexity index is 1190. The first-order chi connectivity index (χ1) is 16.6. The topological polar surface area (TPSA) is 73.7 Å². The predicted molar refractivity (Wildman–Crippen MR) is 134 cm³/mol. The Hall–Kier alpha value is -2.58. The van der Waals surface area contributed by atoms with Crippen LogP contribution >= 0.6 is 0 Å². The molecule has 0 aliphatic carbocycles. The van der Waals surface area contributed by atoms with Crippen molar-refractivity contribution in [1.29, 1.82) is 0 Å². The molecule has 2 aromatic carbocycles. The number of aliphatic hydroxyl groups excluding tert-OH is 1. The highest BCUT2D eigenvalue weighted by Crippen LogP contribution is 2.42. The summed E-state index contributed by atoms with van der Waals surface area (Å²) in [4.78, 5) is 6.40. The van der Waals surface area contributed by atoms with Gasteiger partial charge in [0, 0.05) is 43.5 Å². The maximum atomic E-state index is 13.3. The molecule has 2 aliphatic heterocycles. The van der Waals surface area contributed by atoms with E-state index in [1.807, 2.05) is 42.5 Å². The van der Waals surface area contributed by atoms with Gasteiger partial charge in [0.05, 0.1) is 12.4 Å². The smallest absolute Gasteiger partial charge is 0.218 e. The standard InChI is InChI=1S/C27H31N3O3S/c31-19-26-27(24-10-8-22(9-11-24)23-12-14-28-15-13-23)25-18-29(16-4-5-17-30(25)26)34(32,33)20-21-6-2-1-3-7-21/h1-3,6-15,25-27,31H,4-5,16-20H2/t25-,26+,27+/m0/s1. The van der Waals surface area contributed by atoms with Gasteiger partial charge in [-0.3, -0.25) is 9.88 Å². The lowest BCUT2D eigenvalue weighted by atomic mass is 9.74. The molecule has 3 aromatic rings. The minimum Gasteiger partial charge on any atom is -0.395 e. The van der Waals surface area contributed by atoms with E-state index in [-0.39, 0.29) is 30.4 Å². The molecule has 0 radical (unpaired) electrons. The van der Waals surface area contributed by atoms with Crippen molar-refractivity contribution in [1.82, 2.24) is 14.2 Å². The van der Waals surface area contributed by atoms with Gasteiger partial charge < -0.3 is 5.11 Å². The van der Waals surface area contributed by atoms with Gasteiger partial charge in [0.15, 0.2) is 0 Å². The minimum absolute atomic E-state index is 0.0218. The first-order valence-electron chi connectivity index (χ1n) is 12.0. The summed E-state index contributed by atoms with van der Waals surface area (Å²) in [6, 6.07) is 21.9. The molecule has 0 bridgehead atoms. The summed E-state index contributed by atoms with van der Waals surface area (Å²) in [6.07, 6.45) is 5.33. The van der Waals surface area contributed by atoms with E-state index in [1.54, 1.807) is 16.7 Å². The average molecular weight is 478 g/mol. The van der Waals surface area contributed by atoms with E-state index in [9.17, 15) is 13.5 Å². The molecule has 6 nitrogen and oxygen atoms in total. The van der Waals surface area contributed by atoms with Gasteiger partial charge in [-0.25, -0.2) is 12.7 Å². The summed E-state index contributed by atoms with van der Waals surface area (Å²) in [7, 11) is -3.43. The minimum atomic E-state index is -3.43. The van der Waals surface area contributed by atoms with Crippen LogP contribution in [0, 0.1) is 0 Å². The van der Waals surface area contributed by atoms with E-state index < -0.39 is 10.0 Å². The number of rotatable bonds is 6. The van der Waals surface area contributed by atoms with Crippen LogP contribution in [-0.2, 0) is 15.8 Å². The Morgan fingerprint density at radius 1 is 0.882 bits per heavy atom. The normalized spacial score (nSPS) is 24.0. The number of benzene rings is 2. The van der Waals surface area contributed by atoms with Gasteiger partial charge >= 0.3 is 0 Å². The van der Waals surface area contributed by atoms with E-state index >= 15 is 0 Å². The molecular weight excluding hydrogens is 446 g/mol. The van der Waals surface area contributed by atoms with Crippen LogP contribution in [0.1, 0.15) is 29.9 Å². The first-order valence-corrected chi connectivity index (χ1v) is 13.6. The third-order valence-electron chi connectivity index (χ3n) is 7.23. The Balaban J connectivity index is 1.38. The number of aromatic nitrogens is 1. The van der Waals surface area contributed by atoms with E-state index in [1.165, 1.54) is 0 Å². The van der Waals surface area contributed by atoms with Crippen LogP contribution in [0.2, 0.25) is 0 Å². The van der Waals surface area contributed by atoms with Crippen molar-refractivity contribution in [2.75, 3.05) is 26.2 Å². The van der Waals surface area contributed by atoms with Crippen LogP contribution in [0.4, 0.5) is 0 Å². The Morgan fingerprint density at radius 2 is 1.56 bits per heavy atom. The highest BCUT2D eigenvalue weighted by atomic mass is 32.2. The molecule has 0 spiro atoms. The van der Waals surface area contributed by atoms with Crippen molar-refractivity contribution in [3.05, 3.63) is 90.3 Å². The molecule has 3 heterocycles. The maximum absolute atomic E-state index is 13.3. The lowest BCUT2D eigenvalue weighted by Crippen LogP contribution is -2.67. The monoisotopic (exact) mass is 477 g/mol. The van der Waals surface area contributed by atoms with Crippen molar-refractivity contribution in [2.45, 2.75) is 36.6 Å². The Labute approximate surface area is 201 Å². The van der Waals surface area contributed by atoms with Crippen molar-refractivity contribution >= 4 is 10.0 Å². The van der Waals surface area contributed by atoms with E-state index in [2.05, 4.69) is 34.1 Å².